The SMILES string of the molecule is COCCn1c(SCC(=O)NNC(=O)COc2ccc(Cl)cc2)nnc1-c1ccc(Cl)cc1. The molecule has 0 fully saturated rings. The number of amides is 2. The maximum atomic E-state index is 12.2. The maximum absolute atomic E-state index is 12.2. The Morgan fingerprint density at radius 3 is 2.27 bits per heavy atom. The van der Waals surface area contributed by atoms with Gasteiger partial charge in [-0.05, 0) is 48.5 Å². The predicted octanol–water partition coefficient (Wildman–Crippen LogP) is 3.22. The molecule has 174 valence electrons. The summed E-state index contributed by atoms with van der Waals surface area (Å²) in [5.41, 5.74) is 5.50. The van der Waals surface area contributed by atoms with E-state index in [1.165, 1.54) is 11.8 Å². The van der Waals surface area contributed by atoms with Gasteiger partial charge in [0.05, 0.1) is 18.9 Å². The first-order valence-electron chi connectivity index (χ1n) is 9.73. The average Bonchev–Trinajstić information content (AvgIpc) is 3.22. The lowest BCUT2D eigenvalue weighted by molar-refractivity contribution is -0.128. The number of rotatable bonds is 10. The highest BCUT2D eigenvalue weighted by Crippen LogP contribution is 2.25. The first kappa shape index (κ1) is 24.8. The van der Waals surface area contributed by atoms with Gasteiger partial charge in [0, 0.05) is 22.7 Å². The minimum absolute atomic E-state index is 0.0179. The number of carbonyl (C=O) groups excluding carboxylic acids is 2. The van der Waals surface area contributed by atoms with Gasteiger partial charge in [-0.2, -0.15) is 0 Å². The number of halogens is 2. The molecule has 0 spiro atoms. The van der Waals surface area contributed by atoms with E-state index < -0.39 is 11.8 Å². The van der Waals surface area contributed by atoms with Crippen LogP contribution in [0.3, 0.4) is 0 Å². The topological polar surface area (TPSA) is 107 Å². The van der Waals surface area contributed by atoms with Gasteiger partial charge in [0.1, 0.15) is 5.75 Å². The second kappa shape index (κ2) is 12.4. The molecule has 12 heteroatoms. The number of methoxy groups -OCH3 is 1. The normalized spacial score (nSPS) is 10.6. The molecule has 0 bridgehead atoms. The second-order valence-electron chi connectivity index (χ2n) is 6.59. The smallest absolute Gasteiger partial charge is 0.276 e. The van der Waals surface area contributed by atoms with Crippen molar-refractivity contribution in [3.63, 3.8) is 0 Å². The van der Waals surface area contributed by atoms with Gasteiger partial charge >= 0.3 is 0 Å². The van der Waals surface area contributed by atoms with Gasteiger partial charge in [0.25, 0.3) is 5.91 Å². The molecule has 0 radical (unpaired) electrons. The Kier molecular flexibility index (Phi) is 9.37. The summed E-state index contributed by atoms with van der Waals surface area (Å²) in [6, 6.07) is 13.8. The first-order valence-corrected chi connectivity index (χ1v) is 11.5. The molecule has 0 unspecified atom stereocenters. The molecule has 2 N–H and O–H groups in total. The van der Waals surface area contributed by atoms with Gasteiger partial charge in [0.15, 0.2) is 17.6 Å². The van der Waals surface area contributed by atoms with Gasteiger partial charge in [-0.3, -0.25) is 25.0 Å². The van der Waals surface area contributed by atoms with Crippen LogP contribution in [-0.2, 0) is 20.9 Å². The van der Waals surface area contributed by atoms with Crippen molar-refractivity contribution in [1.29, 1.82) is 0 Å². The van der Waals surface area contributed by atoms with E-state index in [0.717, 1.165) is 5.56 Å². The lowest BCUT2D eigenvalue weighted by Gasteiger charge is -2.10. The van der Waals surface area contributed by atoms with Crippen LogP contribution in [0, 0.1) is 0 Å². The van der Waals surface area contributed by atoms with Gasteiger partial charge in [-0.25, -0.2) is 0 Å². The summed E-state index contributed by atoms with van der Waals surface area (Å²) >= 11 is 13.0. The van der Waals surface area contributed by atoms with Crippen molar-refractivity contribution >= 4 is 46.8 Å². The monoisotopic (exact) mass is 509 g/mol. The van der Waals surface area contributed by atoms with E-state index in [2.05, 4.69) is 21.0 Å². The van der Waals surface area contributed by atoms with E-state index in [1.54, 1.807) is 43.5 Å². The van der Waals surface area contributed by atoms with Crippen LogP contribution in [0.5, 0.6) is 5.75 Å². The van der Waals surface area contributed by atoms with E-state index in [1.807, 2.05) is 16.7 Å². The highest BCUT2D eigenvalue weighted by molar-refractivity contribution is 7.99. The molecule has 0 saturated heterocycles. The molecule has 2 aromatic carbocycles. The molecule has 0 saturated carbocycles. The lowest BCUT2D eigenvalue weighted by atomic mass is 10.2. The number of ether oxygens (including phenoxy) is 2. The Bertz CT molecular complexity index is 1080. The van der Waals surface area contributed by atoms with E-state index in [0.29, 0.717) is 39.9 Å². The number of aromatic nitrogens is 3. The average molecular weight is 510 g/mol. The van der Waals surface area contributed by atoms with E-state index >= 15 is 0 Å². The third kappa shape index (κ3) is 7.64. The molecule has 1 aromatic heterocycles. The van der Waals surface area contributed by atoms with Gasteiger partial charge in [-0.15, -0.1) is 10.2 Å². The summed E-state index contributed by atoms with van der Waals surface area (Å²) in [5, 5.41) is 10.2. The van der Waals surface area contributed by atoms with Gasteiger partial charge < -0.3 is 9.47 Å². The number of hydrazine groups is 1. The fraction of sp³-hybridized carbons (Fsp3) is 0.238. The Morgan fingerprint density at radius 1 is 0.970 bits per heavy atom. The number of nitrogens with zero attached hydrogens (tertiary/aromatic N) is 3. The van der Waals surface area contributed by atoms with Crippen LogP contribution in [0.4, 0.5) is 0 Å². The molecule has 0 aliphatic heterocycles. The van der Waals surface area contributed by atoms with Crippen LogP contribution in [0.25, 0.3) is 11.4 Å². The summed E-state index contributed by atoms with van der Waals surface area (Å²) in [4.78, 5) is 24.1. The highest BCUT2D eigenvalue weighted by atomic mass is 35.5. The molecule has 2 amide bonds. The Balaban J connectivity index is 1.51. The van der Waals surface area contributed by atoms with Crippen LogP contribution in [0.1, 0.15) is 0 Å². The number of nitrogens with one attached hydrogen (secondary N) is 2. The number of thioether (sulfide) groups is 1. The fourth-order valence-corrected chi connectivity index (χ4v) is 3.63. The van der Waals surface area contributed by atoms with Gasteiger partial charge in [0.2, 0.25) is 5.91 Å². The van der Waals surface area contributed by atoms with Crippen LogP contribution >= 0.6 is 35.0 Å². The molecule has 0 aliphatic carbocycles. The summed E-state index contributed by atoms with van der Waals surface area (Å²) in [6.45, 7) is 0.692. The van der Waals surface area contributed by atoms with Crippen molar-refractivity contribution in [3.8, 4) is 17.1 Å². The minimum Gasteiger partial charge on any atom is -0.484 e. The Hall–Kier alpha value is -2.79. The van der Waals surface area contributed by atoms with Crippen LogP contribution in [-0.4, -0.2) is 52.7 Å². The molecular weight excluding hydrogens is 489 g/mol. The third-order valence-corrected chi connectivity index (χ3v) is 5.67. The van der Waals surface area contributed by atoms with Crippen molar-refractivity contribution < 1.29 is 19.1 Å². The number of carbonyl (C=O) groups is 2. The number of benzene rings is 2. The summed E-state index contributed by atoms with van der Waals surface area (Å²) in [7, 11) is 1.60. The van der Waals surface area contributed by atoms with Crippen LogP contribution in [0.15, 0.2) is 53.7 Å². The quantitative estimate of drug-likeness (QED) is 0.319. The fourth-order valence-electron chi connectivity index (χ4n) is 2.61. The zero-order valence-corrected chi connectivity index (χ0v) is 19.9. The molecule has 3 aromatic rings. The van der Waals surface area contributed by atoms with Crippen LogP contribution < -0.4 is 15.6 Å². The molecule has 3 rings (SSSR count). The molecule has 33 heavy (non-hydrogen) atoms. The Labute approximate surface area is 204 Å². The molecule has 0 aliphatic rings. The van der Waals surface area contributed by atoms with Crippen molar-refractivity contribution in [2.75, 3.05) is 26.1 Å². The van der Waals surface area contributed by atoms with Crippen molar-refractivity contribution in [1.82, 2.24) is 25.6 Å². The molecule has 0 atom stereocenters. The summed E-state index contributed by atoms with van der Waals surface area (Å²) in [6.07, 6.45) is 0. The summed E-state index contributed by atoms with van der Waals surface area (Å²) in [5.74, 6) is 0.234. The van der Waals surface area contributed by atoms with Crippen molar-refractivity contribution in [2.24, 2.45) is 0 Å². The zero-order valence-electron chi connectivity index (χ0n) is 17.6. The van der Waals surface area contributed by atoms with E-state index in [4.69, 9.17) is 32.7 Å². The highest BCUT2D eigenvalue weighted by Gasteiger charge is 2.16. The predicted molar refractivity (Wildman–Crippen MR) is 126 cm³/mol. The standard InChI is InChI=1S/C21H21Cl2N5O4S/c1-31-11-10-28-20(14-2-4-15(22)5-3-14)26-27-21(28)33-13-19(30)25-24-18(29)12-32-17-8-6-16(23)7-9-17/h2-9H,10-13H2,1H3,(H,24,29)(H,25,30). The first-order chi connectivity index (χ1) is 16.0. The summed E-state index contributed by atoms with van der Waals surface area (Å²) < 4.78 is 12.4. The number of hydrogen-bond donors (Lipinski definition) is 2. The largest absolute Gasteiger partial charge is 0.484 e. The third-order valence-electron chi connectivity index (χ3n) is 4.20. The minimum atomic E-state index is -0.503. The molecular formula is C21H21Cl2N5O4S. The van der Waals surface area contributed by atoms with Crippen molar-refractivity contribution in [3.05, 3.63) is 58.6 Å². The van der Waals surface area contributed by atoms with E-state index in [9.17, 15) is 9.59 Å². The van der Waals surface area contributed by atoms with Crippen LogP contribution in [0.2, 0.25) is 10.0 Å². The van der Waals surface area contributed by atoms with Crippen molar-refractivity contribution in [2.45, 2.75) is 11.7 Å². The molecule has 1 heterocycles. The van der Waals surface area contributed by atoms with E-state index in [-0.39, 0.29) is 12.4 Å². The lowest BCUT2D eigenvalue weighted by Crippen LogP contribution is -2.44. The maximum Gasteiger partial charge on any atom is 0.276 e. The molecule has 9 nitrogen and oxygen atoms in total. The number of hydrogen-bond acceptors (Lipinski definition) is 7. The zero-order chi connectivity index (χ0) is 23.6. The second-order valence-corrected chi connectivity index (χ2v) is 8.40. The Morgan fingerprint density at radius 2 is 1.61 bits per heavy atom. The van der Waals surface area contributed by atoms with Gasteiger partial charge in [-0.1, -0.05) is 35.0 Å².